The van der Waals surface area contributed by atoms with Crippen LogP contribution in [0.5, 0.6) is 0 Å². The Morgan fingerprint density at radius 2 is 1.94 bits per heavy atom. The summed E-state index contributed by atoms with van der Waals surface area (Å²) in [6.45, 7) is 2.91. The van der Waals surface area contributed by atoms with Crippen LogP contribution in [-0.2, 0) is 6.18 Å². The number of nitrogens with zero attached hydrogens (tertiary/aromatic N) is 3. The van der Waals surface area contributed by atoms with Crippen molar-refractivity contribution in [3.05, 3.63) is 56.8 Å². The van der Waals surface area contributed by atoms with Crippen LogP contribution in [0.2, 0.25) is 15.1 Å². The van der Waals surface area contributed by atoms with E-state index in [9.17, 15) is 18.0 Å². The van der Waals surface area contributed by atoms with Gasteiger partial charge in [0.1, 0.15) is 16.9 Å². The third-order valence-corrected chi connectivity index (χ3v) is 7.27. The Labute approximate surface area is 207 Å². The minimum Gasteiger partial charge on any atom is -0.338 e. The van der Waals surface area contributed by atoms with Gasteiger partial charge in [0.2, 0.25) is 0 Å². The van der Waals surface area contributed by atoms with Crippen molar-refractivity contribution < 1.29 is 18.0 Å². The Balaban J connectivity index is 1.95. The van der Waals surface area contributed by atoms with Gasteiger partial charge < -0.3 is 10.2 Å². The molecule has 4 rings (SSSR count). The summed E-state index contributed by atoms with van der Waals surface area (Å²) in [5.74, 6) is 0.758. The zero-order valence-electron chi connectivity index (χ0n) is 17.2. The Kier molecular flexibility index (Phi) is 6.96. The quantitative estimate of drug-likeness (QED) is 0.385. The number of thioether (sulfide) groups is 1. The van der Waals surface area contributed by atoms with E-state index in [1.54, 1.807) is 23.1 Å². The maximum atomic E-state index is 13.6. The number of carbonyl (C=O) groups is 1. The van der Waals surface area contributed by atoms with Crippen molar-refractivity contribution in [3.8, 4) is 11.4 Å². The first kappa shape index (κ1) is 24.3. The highest BCUT2D eigenvalue weighted by Gasteiger charge is 2.37. The molecule has 3 heterocycles. The van der Waals surface area contributed by atoms with Gasteiger partial charge in [0.05, 0.1) is 31.7 Å². The lowest BCUT2D eigenvalue weighted by Gasteiger charge is -2.23. The molecule has 0 saturated carbocycles. The predicted octanol–water partition coefficient (Wildman–Crippen LogP) is 7.15. The Hall–Kier alpha value is -1.81. The van der Waals surface area contributed by atoms with E-state index >= 15 is 0 Å². The molecule has 33 heavy (non-hydrogen) atoms. The number of alkyl halides is 3. The smallest absolute Gasteiger partial charge is 0.338 e. The summed E-state index contributed by atoms with van der Waals surface area (Å²) in [5, 5.41) is 2.62. The number of fused-ring (bicyclic) bond motifs is 1. The molecule has 0 spiro atoms. The molecule has 1 atom stereocenters. The second kappa shape index (κ2) is 9.44. The van der Waals surface area contributed by atoms with Crippen molar-refractivity contribution in [2.45, 2.75) is 24.9 Å². The fourth-order valence-corrected chi connectivity index (χ4v) is 5.75. The van der Waals surface area contributed by atoms with Crippen LogP contribution in [0.15, 0.2) is 30.5 Å². The number of hydrogen-bond donors (Lipinski definition) is 1. The number of nitrogens with one attached hydrogen (secondary N) is 1. The number of benzene rings is 1. The first-order valence-corrected chi connectivity index (χ1v) is 12.2. The van der Waals surface area contributed by atoms with Crippen molar-refractivity contribution >= 4 is 58.1 Å². The van der Waals surface area contributed by atoms with Crippen LogP contribution >= 0.6 is 46.6 Å². The summed E-state index contributed by atoms with van der Waals surface area (Å²) in [5.41, 5.74) is -0.0235. The first-order chi connectivity index (χ1) is 15.6. The summed E-state index contributed by atoms with van der Waals surface area (Å²) in [6, 6.07) is 5.38. The molecule has 0 aliphatic carbocycles. The van der Waals surface area contributed by atoms with Gasteiger partial charge in [-0.15, -0.1) is 11.8 Å². The zero-order chi connectivity index (χ0) is 23.9. The summed E-state index contributed by atoms with van der Waals surface area (Å²) < 4.78 is 42.0. The minimum absolute atomic E-state index is 0.116. The lowest BCUT2D eigenvalue weighted by atomic mass is 10.2. The highest BCUT2D eigenvalue weighted by atomic mass is 35.5. The first-order valence-electron chi connectivity index (χ1n) is 10.0. The van der Waals surface area contributed by atoms with Crippen LogP contribution in [0.4, 0.5) is 18.0 Å². The third kappa shape index (κ3) is 4.60. The van der Waals surface area contributed by atoms with Crippen molar-refractivity contribution in [1.82, 2.24) is 19.6 Å². The van der Waals surface area contributed by atoms with Gasteiger partial charge in [0.15, 0.2) is 0 Å². The molecule has 1 fully saturated rings. The zero-order valence-corrected chi connectivity index (χ0v) is 20.3. The molecule has 1 unspecified atom stereocenters. The maximum absolute atomic E-state index is 13.6. The lowest BCUT2D eigenvalue weighted by Crippen LogP contribution is -2.39. The molecule has 2 aromatic heterocycles. The van der Waals surface area contributed by atoms with Gasteiger partial charge >= 0.3 is 12.2 Å². The van der Waals surface area contributed by atoms with Gasteiger partial charge in [0, 0.05) is 25.0 Å². The van der Waals surface area contributed by atoms with Crippen LogP contribution in [0.3, 0.4) is 0 Å². The number of halogens is 6. The number of aromatic nitrogens is 2. The average Bonchev–Trinajstić information content (AvgIpc) is 3.36. The fraction of sp³-hybridized carbons (Fsp3) is 0.333. The number of carbonyl (C=O) groups excluding carboxylic acids is 1. The van der Waals surface area contributed by atoms with E-state index in [4.69, 9.17) is 34.8 Å². The van der Waals surface area contributed by atoms with Crippen LogP contribution in [0.25, 0.3) is 16.9 Å². The van der Waals surface area contributed by atoms with E-state index in [1.807, 2.05) is 6.92 Å². The minimum atomic E-state index is -4.63. The standard InChI is InChI=1S/C21H18Cl3F3N4OS/c1-2-6-28-20(32)30-7-8-33-19(30)16-17-14(24)9-11(21(25,26)27)10-31(17)18(29-16)15-12(22)4-3-5-13(15)23/h3-5,9-10,19H,2,6-8H2,1H3,(H,28,32). The summed E-state index contributed by atoms with van der Waals surface area (Å²) in [7, 11) is 0. The molecule has 0 radical (unpaired) electrons. The molecular weight excluding hydrogens is 520 g/mol. The fourth-order valence-electron chi connectivity index (χ4n) is 3.65. The third-order valence-electron chi connectivity index (χ3n) is 5.14. The molecule has 1 saturated heterocycles. The summed E-state index contributed by atoms with van der Waals surface area (Å²) in [4.78, 5) is 19.0. The number of rotatable bonds is 4. The topological polar surface area (TPSA) is 49.6 Å². The average molecular weight is 538 g/mol. The molecular formula is C21H18Cl3F3N4OS. The molecule has 1 aliphatic rings. The van der Waals surface area contributed by atoms with Gasteiger partial charge in [0.25, 0.3) is 0 Å². The molecule has 176 valence electrons. The number of hydrogen-bond acceptors (Lipinski definition) is 3. The highest BCUT2D eigenvalue weighted by Crippen LogP contribution is 2.45. The number of imidazole rings is 1. The van der Waals surface area contributed by atoms with Crippen molar-refractivity contribution in [2.75, 3.05) is 18.8 Å². The molecule has 2 amide bonds. The van der Waals surface area contributed by atoms with Crippen LogP contribution in [-0.4, -0.2) is 39.2 Å². The van der Waals surface area contributed by atoms with Crippen molar-refractivity contribution in [1.29, 1.82) is 0 Å². The molecule has 1 aliphatic heterocycles. The molecule has 1 aromatic carbocycles. The van der Waals surface area contributed by atoms with Crippen molar-refractivity contribution in [3.63, 3.8) is 0 Å². The Morgan fingerprint density at radius 1 is 1.24 bits per heavy atom. The second-order valence-corrected chi connectivity index (χ2v) is 9.77. The molecule has 3 aromatic rings. The lowest BCUT2D eigenvalue weighted by molar-refractivity contribution is -0.137. The van der Waals surface area contributed by atoms with E-state index < -0.39 is 17.1 Å². The van der Waals surface area contributed by atoms with Crippen molar-refractivity contribution in [2.24, 2.45) is 0 Å². The highest BCUT2D eigenvalue weighted by molar-refractivity contribution is 7.99. The van der Waals surface area contributed by atoms with E-state index in [1.165, 1.54) is 16.2 Å². The molecule has 12 heteroatoms. The monoisotopic (exact) mass is 536 g/mol. The normalized spacial score (nSPS) is 16.6. The molecule has 0 bridgehead atoms. The number of urea groups is 1. The SMILES string of the molecule is CCCNC(=O)N1CCSC1c1nc(-c2c(Cl)cccc2Cl)n2cc(C(F)(F)F)cc(Cl)c12. The molecule has 5 nitrogen and oxygen atoms in total. The van der Waals surface area contributed by atoms with Gasteiger partial charge in [-0.3, -0.25) is 4.40 Å². The van der Waals surface area contributed by atoms with Crippen LogP contribution in [0.1, 0.15) is 30.0 Å². The number of pyridine rings is 1. The van der Waals surface area contributed by atoms with E-state index in [-0.39, 0.29) is 38.0 Å². The Morgan fingerprint density at radius 3 is 2.58 bits per heavy atom. The number of amides is 2. The van der Waals surface area contributed by atoms with E-state index in [2.05, 4.69) is 10.3 Å². The van der Waals surface area contributed by atoms with E-state index in [0.29, 0.717) is 24.5 Å². The van der Waals surface area contributed by atoms with Gasteiger partial charge in [-0.2, -0.15) is 13.2 Å². The van der Waals surface area contributed by atoms with Crippen LogP contribution in [0, 0.1) is 0 Å². The van der Waals surface area contributed by atoms with E-state index in [0.717, 1.165) is 18.7 Å². The maximum Gasteiger partial charge on any atom is 0.417 e. The molecule has 1 N–H and O–H groups in total. The van der Waals surface area contributed by atoms with Crippen LogP contribution < -0.4 is 5.32 Å². The largest absolute Gasteiger partial charge is 0.417 e. The summed E-state index contributed by atoms with van der Waals surface area (Å²) >= 11 is 20.6. The van der Waals surface area contributed by atoms with Gasteiger partial charge in [-0.1, -0.05) is 47.8 Å². The second-order valence-electron chi connectivity index (χ2n) is 7.36. The Bertz CT molecular complexity index is 1200. The van der Waals surface area contributed by atoms with Gasteiger partial charge in [-0.05, 0) is 24.6 Å². The predicted molar refractivity (Wildman–Crippen MR) is 126 cm³/mol. The summed E-state index contributed by atoms with van der Waals surface area (Å²) in [6.07, 6.45) is -2.93. The van der Waals surface area contributed by atoms with Gasteiger partial charge in [-0.25, -0.2) is 9.78 Å².